The van der Waals surface area contributed by atoms with E-state index < -0.39 is 5.97 Å². The van der Waals surface area contributed by atoms with E-state index in [1.165, 1.54) is 12.1 Å². The monoisotopic (exact) mass is 239 g/mol. The van der Waals surface area contributed by atoms with Crippen molar-refractivity contribution in [2.24, 2.45) is 0 Å². The van der Waals surface area contributed by atoms with Crippen molar-refractivity contribution < 1.29 is 14.6 Å². The maximum absolute atomic E-state index is 11.2. The van der Waals surface area contributed by atoms with Crippen LogP contribution >= 0.6 is 11.6 Å². The Bertz CT molecular complexity index is 451. The molecule has 0 aliphatic rings. The van der Waals surface area contributed by atoms with Gasteiger partial charge in [-0.15, -0.1) is 0 Å². The lowest BCUT2D eigenvalue weighted by Crippen LogP contribution is -2.08. The SMILES string of the molecule is CCOC(=O)Cc1cc(C#N)cc(O)c1Cl. The predicted octanol–water partition coefficient (Wildman–Crippen LogP) is 2.02. The van der Waals surface area contributed by atoms with Crippen LogP contribution in [0.15, 0.2) is 12.1 Å². The Balaban J connectivity index is 3.00. The Labute approximate surface area is 98.0 Å². The fourth-order valence-corrected chi connectivity index (χ4v) is 1.40. The molecule has 84 valence electrons. The Kier molecular flexibility index (Phi) is 4.15. The average molecular weight is 240 g/mol. The number of benzene rings is 1. The molecule has 0 saturated heterocycles. The highest BCUT2D eigenvalue weighted by Gasteiger charge is 2.12. The van der Waals surface area contributed by atoms with Gasteiger partial charge in [-0.25, -0.2) is 0 Å². The minimum atomic E-state index is -0.445. The molecule has 4 nitrogen and oxygen atoms in total. The van der Waals surface area contributed by atoms with Crippen molar-refractivity contribution in [1.29, 1.82) is 5.26 Å². The smallest absolute Gasteiger partial charge is 0.310 e. The van der Waals surface area contributed by atoms with Crippen LogP contribution in [0.1, 0.15) is 18.1 Å². The highest BCUT2D eigenvalue weighted by molar-refractivity contribution is 6.33. The third-order valence-electron chi connectivity index (χ3n) is 1.90. The molecule has 0 unspecified atom stereocenters. The van der Waals surface area contributed by atoms with Gasteiger partial charge in [0, 0.05) is 0 Å². The van der Waals surface area contributed by atoms with Gasteiger partial charge in [0.15, 0.2) is 0 Å². The van der Waals surface area contributed by atoms with Gasteiger partial charge in [-0.3, -0.25) is 4.79 Å². The fourth-order valence-electron chi connectivity index (χ4n) is 1.23. The molecule has 0 amide bonds. The van der Waals surface area contributed by atoms with E-state index in [1.807, 2.05) is 6.07 Å². The standard InChI is InChI=1S/C11H10ClNO3/c1-2-16-10(15)5-8-3-7(6-13)4-9(14)11(8)12/h3-4,14H,2,5H2,1H3. The normalized spacial score (nSPS) is 9.56. The maximum Gasteiger partial charge on any atom is 0.310 e. The molecule has 0 aliphatic carbocycles. The fraction of sp³-hybridized carbons (Fsp3) is 0.273. The Hall–Kier alpha value is -1.73. The summed E-state index contributed by atoms with van der Waals surface area (Å²) in [6.07, 6.45) is -0.0598. The summed E-state index contributed by atoms with van der Waals surface area (Å²) in [7, 11) is 0. The number of rotatable bonds is 3. The third kappa shape index (κ3) is 2.88. The zero-order chi connectivity index (χ0) is 12.1. The lowest BCUT2D eigenvalue weighted by atomic mass is 10.1. The number of carbonyl (C=O) groups excluding carboxylic acids is 1. The molecule has 0 radical (unpaired) electrons. The molecule has 0 spiro atoms. The molecular formula is C11H10ClNO3. The van der Waals surface area contributed by atoms with E-state index in [1.54, 1.807) is 6.92 Å². The molecule has 0 fully saturated rings. The molecule has 0 aliphatic heterocycles. The van der Waals surface area contributed by atoms with Crippen LogP contribution in [0.5, 0.6) is 5.75 Å². The second kappa shape index (κ2) is 5.38. The van der Waals surface area contributed by atoms with Gasteiger partial charge in [0.25, 0.3) is 0 Å². The van der Waals surface area contributed by atoms with Gasteiger partial charge in [0.2, 0.25) is 0 Å². The molecule has 0 aromatic heterocycles. The first kappa shape index (κ1) is 12.3. The van der Waals surface area contributed by atoms with Crippen molar-refractivity contribution in [2.75, 3.05) is 6.61 Å². The number of ether oxygens (including phenoxy) is 1. The number of aromatic hydroxyl groups is 1. The van der Waals surface area contributed by atoms with E-state index in [2.05, 4.69) is 0 Å². The van der Waals surface area contributed by atoms with E-state index in [0.717, 1.165) is 0 Å². The molecule has 1 aromatic carbocycles. The molecule has 5 heteroatoms. The van der Waals surface area contributed by atoms with Gasteiger partial charge < -0.3 is 9.84 Å². The summed E-state index contributed by atoms with van der Waals surface area (Å²) in [5.74, 6) is -0.654. The van der Waals surface area contributed by atoms with E-state index in [9.17, 15) is 9.90 Å². The first-order valence-corrected chi connectivity index (χ1v) is 5.03. The maximum atomic E-state index is 11.2. The van der Waals surface area contributed by atoms with E-state index >= 15 is 0 Å². The topological polar surface area (TPSA) is 70.3 Å². The zero-order valence-electron chi connectivity index (χ0n) is 8.66. The van der Waals surface area contributed by atoms with Crippen LogP contribution < -0.4 is 0 Å². The van der Waals surface area contributed by atoms with Crippen molar-refractivity contribution in [1.82, 2.24) is 0 Å². The quantitative estimate of drug-likeness (QED) is 0.820. The molecule has 16 heavy (non-hydrogen) atoms. The van der Waals surface area contributed by atoms with Crippen LogP contribution in [0.4, 0.5) is 0 Å². The molecule has 1 N–H and O–H groups in total. The molecule has 0 atom stereocenters. The minimum Gasteiger partial charge on any atom is -0.506 e. The number of nitriles is 1. The third-order valence-corrected chi connectivity index (χ3v) is 2.33. The van der Waals surface area contributed by atoms with Crippen molar-refractivity contribution in [2.45, 2.75) is 13.3 Å². The van der Waals surface area contributed by atoms with Gasteiger partial charge in [0.1, 0.15) is 5.75 Å². The van der Waals surface area contributed by atoms with Crippen LogP contribution in [0.3, 0.4) is 0 Å². The van der Waals surface area contributed by atoms with Crippen LogP contribution in [0, 0.1) is 11.3 Å². The van der Waals surface area contributed by atoms with Crippen LogP contribution in [0.25, 0.3) is 0 Å². The molecular weight excluding hydrogens is 230 g/mol. The number of nitrogens with zero attached hydrogens (tertiary/aromatic N) is 1. The van der Waals surface area contributed by atoms with Gasteiger partial charge >= 0.3 is 5.97 Å². The van der Waals surface area contributed by atoms with Crippen molar-refractivity contribution in [3.05, 3.63) is 28.3 Å². The van der Waals surface area contributed by atoms with Gasteiger partial charge in [-0.2, -0.15) is 5.26 Å². The van der Waals surface area contributed by atoms with Crippen molar-refractivity contribution in [3.63, 3.8) is 0 Å². The predicted molar refractivity (Wildman–Crippen MR) is 58.2 cm³/mol. The summed E-state index contributed by atoms with van der Waals surface area (Å²) in [5.41, 5.74) is 0.637. The highest BCUT2D eigenvalue weighted by atomic mass is 35.5. The average Bonchev–Trinajstić information content (AvgIpc) is 2.24. The summed E-state index contributed by atoms with van der Waals surface area (Å²) in [6.45, 7) is 1.98. The Morgan fingerprint density at radius 3 is 2.88 bits per heavy atom. The van der Waals surface area contributed by atoms with Gasteiger partial charge in [0.05, 0.1) is 29.7 Å². The van der Waals surface area contributed by atoms with Crippen LogP contribution in [-0.4, -0.2) is 17.7 Å². The summed E-state index contributed by atoms with van der Waals surface area (Å²) < 4.78 is 4.75. The minimum absolute atomic E-state index is 0.0598. The molecule has 0 bridgehead atoms. The first-order valence-electron chi connectivity index (χ1n) is 4.65. The molecule has 1 rings (SSSR count). The highest BCUT2D eigenvalue weighted by Crippen LogP contribution is 2.29. The number of halogens is 1. The Morgan fingerprint density at radius 2 is 2.31 bits per heavy atom. The van der Waals surface area contributed by atoms with E-state index in [4.69, 9.17) is 21.6 Å². The van der Waals surface area contributed by atoms with Gasteiger partial charge in [-0.1, -0.05) is 11.6 Å². The second-order valence-electron chi connectivity index (χ2n) is 3.06. The summed E-state index contributed by atoms with van der Waals surface area (Å²) in [6, 6.07) is 4.57. The lowest BCUT2D eigenvalue weighted by Gasteiger charge is -2.06. The van der Waals surface area contributed by atoms with Gasteiger partial charge in [-0.05, 0) is 24.6 Å². The number of hydrogen-bond acceptors (Lipinski definition) is 4. The van der Waals surface area contributed by atoms with Crippen molar-refractivity contribution in [3.8, 4) is 11.8 Å². The number of hydrogen-bond donors (Lipinski definition) is 1. The van der Waals surface area contributed by atoms with E-state index in [0.29, 0.717) is 5.56 Å². The van der Waals surface area contributed by atoms with E-state index in [-0.39, 0.29) is 29.4 Å². The first-order chi connectivity index (χ1) is 7.58. The lowest BCUT2D eigenvalue weighted by molar-refractivity contribution is -0.142. The number of phenolic OH excluding ortho intramolecular Hbond substituents is 1. The largest absolute Gasteiger partial charge is 0.506 e. The number of esters is 1. The van der Waals surface area contributed by atoms with Crippen LogP contribution in [-0.2, 0) is 16.0 Å². The zero-order valence-corrected chi connectivity index (χ0v) is 9.41. The second-order valence-corrected chi connectivity index (χ2v) is 3.44. The van der Waals surface area contributed by atoms with Crippen LogP contribution in [0.2, 0.25) is 5.02 Å². The molecule has 0 heterocycles. The number of carbonyl (C=O) groups is 1. The van der Waals surface area contributed by atoms with Crippen molar-refractivity contribution >= 4 is 17.6 Å². The summed E-state index contributed by atoms with van der Waals surface area (Å²) in [4.78, 5) is 11.2. The number of phenols is 1. The Morgan fingerprint density at radius 1 is 1.62 bits per heavy atom. The molecule has 1 aromatic rings. The summed E-state index contributed by atoms with van der Waals surface area (Å²) in [5, 5.41) is 18.2. The molecule has 0 saturated carbocycles. The summed E-state index contributed by atoms with van der Waals surface area (Å²) >= 11 is 5.80.